The van der Waals surface area contributed by atoms with E-state index in [0.29, 0.717) is 31.5 Å². The van der Waals surface area contributed by atoms with Crippen molar-refractivity contribution in [2.45, 2.75) is 46.6 Å². The molecule has 0 aliphatic heterocycles. The molecule has 0 atom stereocenters. The molecular weight excluding hydrogens is 409 g/mol. The average Bonchev–Trinajstić information content (AvgIpc) is 2.89. The molecule has 7 nitrogen and oxygen atoms in total. The molecule has 1 aromatic heterocycles. The maximum atomic E-state index is 10.8. The zero-order chi connectivity index (χ0) is 16.6. The maximum Gasteiger partial charge on any atom is 0.216 e. The Labute approximate surface area is 155 Å². The number of nitrogens with one attached hydrogen (secondary N) is 3. The van der Waals surface area contributed by atoms with Crippen LogP contribution in [0, 0.1) is 0 Å². The highest BCUT2D eigenvalue weighted by Crippen LogP contribution is 2.22. The molecule has 1 rings (SSSR count). The molecule has 0 spiro atoms. The van der Waals surface area contributed by atoms with E-state index in [4.69, 9.17) is 4.42 Å². The Morgan fingerprint density at radius 1 is 1.26 bits per heavy atom. The minimum Gasteiger partial charge on any atom is -0.443 e. The number of hydrogen-bond donors (Lipinski definition) is 3. The molecule has 0 radical (unpaired) electrons. The van der Waals surface area contributed by atoms with Gasteiger partial charge in [0.1, 0.15) is 12.3 Å². The Hall–Kier alpha value is -1.32. The molecule has 0 saturated carbocycles. The number of aromatic nitrogens is 1. The van der Waals surface area contributed by atoms with Gasteiger partial charge in [-0.15, -0.1) is 24.0 Å². The molecule has 0 fully saturated rings. The molecule has 3 N–H and O–H groups in total. The van der Waals surface area contributed by atoms with Crippen LogP contribution in [-0.2, 0) is 16.8 Å². The van der Waals surface area contributed by atoms with E-state index in [0.717, 1.165) is 12.3 Å². The predicted molar refractivity (Wildman–Crippen MR) is 102 cm³/mol. The number of amides is 1. The number of hydrogen-bond acceptors (Lipinski definition) is 4. The van der Waals surface area contributed by atoms with Crippen molar-refractivity contribution < 1.29 is 9.21 Å². The number of nitrogens with zero attached hydrogens (tertiary/aromatic N) is 2. The first-order valence-corrected chi connectivity index (χ1v) is 7.54. The fourth-order valence-corrected chi connectivity index (χ4v) is 1.64. The first-order chi connectivity index (χ1) is 10.3. The number of aliphatic imine (C=N–C) groups is 1. The van der Waals surface area contributed by atoms with Gasteiger partial charge in [0.15, 0.2) is 5.96 Å². The fraction of sp³-hybridized carbons (Fsp3) is 0.667. The van der Waals surface area contributed by atoms with Crippen LogP contribution < -0.4 is 16.0 Å². The number of rotatable bonds is 6. The van der Waals surface area contributed by atoms with Gasteiger partial charge in [0, 0.05) is 32.0 Å². The second kappa shape index (κ2) is 10.5. The number of halogens is 1. The molecule has 0 aliphatic rings. The zero-order valence-corrected chi connectivity index (χ0v) is 16.9. The van der Waals surface area contributed by atoms with Gasteiger partial charge >= 0.3 is 0 Å². The fourth-order valence-electron chi connectivity index (χ4n) is 1.64. The van der Waals surface area contributed by atoms with Crippen molar-refractivity contribution in [3.63, 3.8) is 0 Å². The first-order valence-electron chi connectivity index (χ1n) is 7.54. The van der Waals surface area contributed by atoms with Crippen molar-refractivity contribution in [2.75, 3.05) is 19.6 Å². The van der Waals surface area contributed by atoms with E-state index < -0.39 is 0 Å². The van der Waals surface area contributed by atoms with Crippen molar-refractivity contribution in [3.8, 4) is 0 Å². The van der Waals surface area contributed by atoms with E-state index >= 15 is 0 Å². The molecule has 1 heterocycles. The third kappa shape index (κ3) is 8.77. The normalized spacial score (nSPS) is 11.6. The third-order valence-electron chi connectivity index (χ3n) is 2.80. The molecule has 0 saturated heterocycles. The van der Waals surface area contributed by atoms with Gasteiger partial charge in [0.2, 0.25) is 11.8 Å². The van der Waals surface area contributed by atoms with Crippen LogP contribution >= 0.6 is 24.0 Å². The van der Waals surface area contributed by atoms with Gasteiger partial charge in [0.05, 0.1) is 6.20 Å². The van der Waals surface area contributed by atoms with E-state index in [2.05, 4.69) is 46.7 Å². The Morgan fingerprint density at radius 3 is 2.43 bits per heavy atom. The summed E-state index contributed by atoms with van der Waals surface area (Å²) in [5, 5.41) is 8.99. The molecular formula is C15H28IN5O2. The lowest BCUT2D eigenvalue weighted by Crippen LogP contribution is -2.41. The number of oxazole rings is 1. The van der Waals surface area contributed by atoms with E-state index in [1.807, 2.05) is 6.92 Å². The summed E-state index contributed by atoms with van der Waals surface area (Å²) in [4.78, 5) is 19.5. The molecule has 23 heavy (non-hydrogen) atoms. The molecule has 0 aliphatic carbocycles. The zero-order valence-electron chi connectivity index (χ0n) is 14.5. The SMILES string of the molecule is CCNC(=NCc1ncc(C(C)(C)C)o1)NCCNC(C)=O.I. The van der Waals surface area contributed by atoms with Crippen LogP contribution in [0.5, 0.6) is 0 Å². The highest BCUT2D eigenvalue weighted by molar-refractivity contribution is 14.0. The van der Waals surface area contributed by atoms with E-state index in [1.165, 1.54) is 6.92 Å². The van der Waals surface area contributed by atoms with Crippen LogP contribution in [0.25, 0.3) is 0 Å². The lowest BCUT2D eigenvalue weighted by atomic mass is 9.94. The Morgan fingerprint density at radius 2 is 1.91 bits per heavy atom. The number of carbonyl (C=O) groups excluding carboxylic acids is 1. The summed E-state index contributed by atoms with van der Waals surface area (Å²) in [5.74, 6) is 2.06. The summed E-state index contributed by atoms with van der Waals surface area (Å²) in [6.45, 7) is 12.0. The number of guanidine groups is 1. The molecule has 1 aromatic rings. The lowest BCUT2D eigenvalue weighted by molar-refractivity contribution is -0.118. The molecule has 1 amide bonds. The van der Waals surface area contributed by atoms with Crippen LogP contribution in [0.2, 0.25) is 0 Å². The van der Waals surface area contributed by atoms with Crippen LogP contribution in [0.15, 0.2) is 15.6 Å². The molecule has 0 aromatic carbocycles. The molecule has 0 unspecified atom stereocenters. The van der Waals surface area contributed by atoms with Crippen molar-refractivity contribution in [3.05, 3.63) is 17.8 Å². The van der Waals surface area contributed by atoms with Crippen molar-refractivity contribution in [2.24, 2.45) is 4.99 Å². The monoisotopic (exact) mass is 437 g/mol. The minimum atomic E-state index is -0.0595. The quantitative estimate of drug-likeness (QED) is 0.273. The van der Waals surface area contributed by atoms with Gasteiger partial charge in [-0.2, -0.15) is 0 Å². The number of carbonyl (C=O) groups is 1. The summed E-state index contributed by atoms with van der Waals surface area (Å²) in [6, 6.07) is 0. The summed E-state index contributed by atoms with van der Waals surface area (Å²) in [6.07, 6.45) is 1.75. The van der Waals surface area contributed by atoms with Crippen molar-refractivity contribution in [1.82, 2.24) is 20.9 Å². The van der Waals surface area contributed by atoms with Crippen LogP contribution in [0.1, 0.15) is 46.3 Å². The predicted octanol–water partition coefficient (Wildman–Crippen LogP) is 1.78. The highest BCUT2D eigenvalue weighted by atomic mass is 127. The van der Waals surface area contributed by atoms with E-state index in [1.54, 1.807) is 6.20 Å². The first kappa shape index (κ1) is 21.7. The standard InChI is InChI=1S/C15H27N5O2.HI/c1-6-16-14(18-8-7-17-11(2)21)20-10-13-19-9-12(22-13)15(3,4)5;/h9H,6-8,10H2,1-5H3,(H,17,21)(H2,16,18,20);1H. The smallest absolute Gasteiger partial charge is 0.216 e. The van der Waals surface area contributed by atoms with Gasteiger partial charge in [-0.3, -0.25) is 4.79 Å². The minimum absolute atomic E-state index is 0. The summed E-state index contributed by atoms with van der Waals surface area (Å²) >= 11 is 0. The topological polar surface area (TPSA) is 91.6 Å². The average molecular weight is 437 g/mol. The summed E-state index contributed by atoms with van der Waals surface area (Å²) in [7, 11) is 0. The van der Waals surface area contributed by atoms with Gasteiger partial charge in [-0.05, 0) is 6.92 Å². The Bertz CT molecular complexity index is 508. The van der Waals surface area contributed by atoms with Crippen molar-refractivity contribution >= 4 is 35.8 Å². The van der Waals surface area contributed by atoms with Gasteiger partial charge in [0.25, 0.3) is 0 Å². The molecule has 0 bridgehead atoms. The van der Waals surface area contributed by atoms with Crippen LogP contribution in [0.4, 0.5) is 0 Å². The van der Waals surface area contributed by atoms with E-state index in [-0.39, 0.29) is 35.3 Å². The lowest BCUT2D eigenvalue weighted by Gasteiger charge is -2.13. The van der Waals surface area contributed by atoms with Crippen LogP contribution in [-0.4, -0.2) is 36.5 Å². The van der Waals surface area contributed by atoms with Gasteiger partial charge < -0.3 is 20.4 Å². The van der Waals surface area contributed by atoms with Gasteiger partial charge in [-0.1, -0.05) is 20.8 Å². The van der Waals surface area contributed by atoms with Crippen LogP contribution in [0.3, 0.4) is 0 Å². The Balaban J connectivity index is 0.00000484. The maximum absolute atomic E-state index is 10.8. The van der Waals surface area contributed by atoms with Crippen molar-refractivity contribution in [1.29, 1.82) is 0 Å². The largest absolute Gasteiger partial charge is 0.443 e. The Kier molecular flexibility index (Phi) is 9.85. The highest BCUT2D eigenvalue weighted by Gasteiger charge is 2.18. The van der Waals surface area contributed by atoms with Gasteiger partial charge in [-0.25, -0.2) is 9.98 Å². The van der Waals surface area contributed by atoms with E-state index in [9.17, 15) is 4.79 Å². The third-order valence-corrected chi connectivity index (χ3v) is 2.80. The second-order valence-corrected chi connectivity index (χ2v) is 5.97. The molecule has 8 heteroatoms. The summed E-state index contributed by atoms with van der Waals surface area (Å²) in [5.41, 5.74) is -0.0595. The molecule has 132 valence electrons. The second-order valence-electron chi connectivity index (χ2n) is 5.97. The summed E-state index contributed by atoms with van der Waals surface area (Å²) < 4.78 is 5.70.